The number of rotatable bonds is 4. The summed E-state index contributed by atoms with van der Waals surface area (Å²) in [6.45, 7) is 10.3. The highest BCUT2D eigenvalue weighted by atomic mass is 16.5. The first-order valence-corrected chi connectivity index (χ1v) is 6.32. The molecule has 0 saturated carbocycles. The third-order valence-electron chi connectivity index (χ3n) is 3.19. The molecule has 0 aliphatic carbocycles. The lowest BCUT2D eigenvalue weighted by Crippen LogP contribution is -2.36. The predicted molar refractivity (Wildman–Crippen MR) is 73.3 cm³/mol. The van der Waals surface area contributed by atoms with Crippen molar-refractivity contribution >= 4 is 5.97 Å². The second-order valence-corrected chi connectivity index (χ2v) is 5.25. The van der Waals surface area contributed by atoms with Crippen molar-refractivity contribution in [1.29, 1.82) is 0 Å². The number of esters is 1. The van der Waals surface area contributed by atoms with E-state index in [0.29, 0.717) is 6.61 Å². The molecule has 0 saturated heterocycles. The summed E-state index contributed by atoms with van der Waals surface area (Å²) in [5.41, 5.74) is 10.3. The largest absolute Gasteiger partial charge is 0.460 e. The van der Waals surface area contributed by atoms with Crippen molar-refractivity contribution < 1.29 is 9.53 Å². The van der Waals surface area contributed by atoms with Gasteiger partial charge in [0.15, 0.2) is 0 Å². The number of aryl methyl sites for hydroxylation is 3. The van der Waals surface area contributed by atoms with E-state index in [4.69, 9.17) is 10.5 Å². The number of benzene rings is 1. The van der Waals surface area contributed by atoms with E-state index in [1.165, 1.54) is 5.56 Å². The molecule has 18 heavy (non-hydrogen) atoms. The Morgan fingerprint density at radius 3 is 2.17 bits per heavy atom. The van der Waals surface area contributed by atoms with E-state index in [0.717, 1.165) is 16.7 Å². The van der Waals surface area contributed by atoms with Crippen molar-refractivity contribution in [1.82, 2.24) is 0 Å². The fourth-order valence-electron chi connectivity index (χ4n) is 1.95. The van der Waals surface area contributed by atoms with Crippen LogP contribution in [0, 0.1) is 26.7 Å². The van der Waals surface area contributed by atoms with Crippen molar-refractivity contribution in [2.24, 2.45) is 11.7 Å². The molecule has 1 atom stereocenters. The van der Waals surface area contributed by atoms with Crippen molar-refractivity contribution in [3.05, 3.63) is 34.4 Å². The average molecular weight is 249 g/mol. The minimum Gasteiger partial charge on any atom is -0.460 e. The van der Waals surface area contributed by atoms with E-state index in [1.54, 1.807) is 0 Å². The highest BCUT2D eigenvalue weighted by Gasteiger charge is 2.19. The molecule has 1 unspecified atom stereocenters. The van der Waals surface area contributed by atoms with Gasteiger partial charge in [0.05, 0.1) is 0 Å². The van der Waals surface area contributed by atoms with Gasteiger partial charge in [-0.1, -0.05) is 31.5 Å². The van der Waals surface area contributed by atoms with Gasteiger partial charge in [-0.25, -0.2) is 0 Å². The lowest BCUT2D eigenvalue weighted by molar-refractivity contribution is -0.147. The predicted octanol–water partition coefficient (Wildman–Crippen LogP) is 2.64. The molecule has 0 spiro atoms. The summed E-state index contributed by atoms with van der Waals surface area (Å²) in [6, 6.07) is 3.65. The quantitative estimate of drug-likeness (QED) is 0.835. The van der Waals surface area contributed by atoms with E-state index in [9.17, 15) is 4.79 Å². The lowest BCUT2D eigenvalue weighted by Gasteiger charge is -2.16. The zero-order valence-electron chi connectivity index (χ0n) is 11.9. The van der Waals surface area contributed by atoms with Gasteiger partial charge in [-0.15, -0.1) is 0 Å². The summed E-state index contributed by atoms with van der Waals surface area (Å²) in [5, 5.41) is 0. The second-order valence-electron chi connectivity index (χ2n) is 5.25. The molecule has 1 aromatic rings. The molecular formula is C15H23NO2. The van der Waals surface area contributed by atoms with Gasteiger partial charge in [-0.2, -0.15) is 0 Å². The minimum atomic E-state index is -0.545. The average Bonchev–Trinajstić information content (AvgIpc) is 2.25. The van der Waals surface area contributed by atoms with Gasteiger partial charge in [0.25, 0.3) is 0 Å². The molecule has 3 nitrogen and oxygen atoms in total. The van der Waals surface area contributed by atoms with Crippen LogP contribution in [0.2, 0.25) is 0 Å². The minimum absolute atomic E-state index is 0.0951. The highest BCUT2D eigenvalue weighted by Crippen LogP contribution is 2.17. The first-order valence-electron chi connectivity index (χ1n) is 6.32. The Labute approximate surface area is 109 Å². The number of nitrogens with two attached hydrogens (primary N) is 1. The number of ether oxygens (including phenoxy) is 1. The van der Waals surface area contributed by atoms with Gasteiger partial charge in [0.2, 0.25) is 0 Å². The Hall–Kier alpha value is -1.35. The molecule has 0 aromatic heterocycles. The summed E-state index contributed by atoms with van der Waals surface area (Å²) < 4.78 is 5.29. The van der Waals surface area contributed by atoms with Crippen molar-refractivity contribution in [3.63, 3.8) is 0 Å². The topological polar surface area (TPSA) is 52.3 Å². The third kappa shape index (κ3) is 3.57. The van der Waals surface area contributed by atoms with Gasteiger partial charge in [0.1, 0.15) is 12.6 Å². The van der Waals surface area contributed by atoms with Crippen LogP contribution in [0.5, 0.6) is 0 Å². The fourth-order valence-corrected chi connectivity index (χ4v) is 1.95. The molecule has 1 rings (SSSR count). The molecule has 100 valence electrons. The van der Waals surface area contributed by atoms with Gasteiger partial charge in [0, 0.05) is 0 Å². The van der Waals surface area contributed by atoms with Crippen LogP contribution in [0.3, 0.4) is 0 Å². The maximum atomic E-state index is 11.7. The van der Waals surface area contributed by atoms with Crippen LogP contribution in [0.15, 0.2) is 12.1 Å². The lowest BCUT2D eigenvalue weighted by atomic mass is 10.0. The Morgan fingerprint density at radius 2 is 1.72 bits per heavy atom. The van der Waals surface area contributed by atoms with E-state index >= 15 is 0 Å². The van der Waals surface area contributed by atoms with E-state index in [-0.39, 0.29) is 11.9 Å². The standard InChI is InChI=1S/C15H23NO2/c1-9(2)14(16)15(17)18-8-13-11(4)6-10(3)7-12(13)5/h6-7,9,14H,8,16H2,1-5H3. The van der Waals surface area contributed by atoms with E-state index in [1.807, 2.05) is 27.7 Å². The first-order chi connectivity index (χ1) is 8.32. The Morgan fingerprint density at radius 1 is 1.22 bits per heavy atom. The second kappa shape index (κ2) is 6.01. The summed E-state index contributed by atoms with van der Waals surface area (Å²) >= 11 is 0. The molecule has 0 heterocycles. The molecule has 0 fully saturated rings. The first kappa shape index (κ1) is 14.7. The van der Waals surface area contributed by atoms with Crippen LogP contribution < -0.4 is 5.73 Å². The molecule has 3 heteroatoms. The molecule has 1 aromatic carbocycles. The van der Waals surface area contributed by atoms with E-state index in [2.05, 4.69) is 19.1 Å². The Bertz CT molecular complexity index is 415. The Kier molecular flexibility index (Phi) is 4.91. The van der Waals surface area contributed by atoms with Crippen LogP contribution in [0.1, 0.15) is 36.1 Å². The zero-order chi connectivity index (χ0) is 13.9. The number of carbonyl (C=O) groups excluding carboxylic acids is 1. The molecule has 0 radical (unpaired) electrons. The van der Waals surface area contributed by atoms with Crippen LogP contribution in [-0.2, 0) is 16.1 Å². The number of hydrogen-bond donors (Lipinski definition) is 1. The molecule has 2 N–H and O–H groups in total. The monoisotopic (exact) mass is 249 g/mol. The van der Waals surface area contributed by atoms with Crippen molar-refractivity contribution in [2.75, 3.05) is 0 Å². The van der Waals surface area contributed by atoms with Gasteiger partial charge < -0.3 is 10.5 Å². The maximum Gasteiger partial charge on any atom is 0.323 e. The third-order valence-corrected chi connectivity index (χ3v) is 3.19. The van der Waals surface area contributed by atoms with Crippen LogP contribution in [0.25, 0.3) is 0 Å². The Balaban J connectivity index is 2.73. The smallest absolute Gasteiger partial charge is 0.323 e. The van der Waals surface area contributed by atoms with Gasteiger partial charge in [-0.3, -0.25) is 4.79 Å². The molecular weight excluding hydrogens is 226 g/mol. The summed E-state index contributed by atoms with van der Waals surface area (Å²) in [4.78, 5) is 11.7. The fraction of sp³-hybridized carbons (Fsp3) is 0.533. The molecule has 0 amide bonds. The van der Waals surface area contributed by atoms with Crippen LogP contribution >= 0.6 is 0 Å². The van der Waals surface area contributed by atoms with Gasteiger partial charge >= 0.3 is 5.97 Å². The van der Waals surface area contributed by atoms with Crippen molar-refractivity contribution in [2.45, 2.75) is 47.3 Å². The number of carbonyl (C=O) groups is 1. The summed E-state index contributed by atoms with van der Waals surface area (Å²) in [7, 11) is 0. The SMILES string of the molecule is Cc1cc(C)c(COC(=O)C(N)C(C)C)c(C)c1. The van der Waals surface area contributed by atoms with E-state index < -0.39 is 6.04 Å². The van der Waals surface area contributed by atoms with Crippen LogP contribution in [-0.4, -0.2) is 12.0 Å². The normalized spacial score (nSPS) is 12.6. The van der Waals surface area contributed by atoms with Crippen molar-refractivity contribution in [3.8, 4) is 0 Å². The summed E-state index contributed by atoms with van der Waals surface area (Å²) in [6.07, 6.45) is 0. The van der Waals surface area contributed by atoms with Crippen LogP contribution in [0.4, 0.5) is 0 Å². The molecule has 0 aliphatic rings. The zero-order valence-corrected chi connectivity index (χ0v) is 11.9. The summed E-state index contributed by atoms with van der Waals surface area (Å²) in [5.74, 6) is -0.234. The van der Waals surface area contributed by atoms with Gasteiger partial charge in [-0.05, 0) is 43.4 Å². The maximum absolute atomic E-state index is 11.7. The molecule has 0 aliphatic heterocycles. The highest BCUT2D eigenvalue weighted by molar-refractivity contribution is 5.75. The number of hydrogen-bond acceptors (Lipinski definition) is 3. The molecule has 0 bridgehead atoms.